The first kappa shape index (κ1) is 14.9. The molecule has 0 N–H and O–H groups in total. The van der Waals surface area contributed by atoms with Crippen LogP contribution in [-0.2, 0) is 16.5 Å². The third-order valence-electron chi connectivity index (χ3n) is 5.10. The number of rotatable bonds is 1. The molecule has 1 fully saturated rings. The van der Waals surface area contributed by atoms with Crippen LogP contribution in [0.15, 0.2) is 44.9 Å². The quantitative estimate of drug-likeness (QED) is 0.753. The second kappa shape index (κ2) is 4.59. The minimum atomic E-state index is -0.785. The van der Waals surface area contributed by atoms with Crippen molar-refractivity contribution in [2.24, 2.45) is 12.0 Å². The van der Waals surface area contributed by atoms with Gasteiger partial charge in [0.15, 0.2) is 12.0 Å². The van der Waals surface area contributed by atoms with E-state index in [4.69, 9.17) is 14.5 Å². The van der Waals surface area contributed by atoms with Crippen molar-refractivity contribution in [3.63, 3.8) is 0 Å². The highest BCUT2D eigenvalue weighted by Crippen LogP contribution is 2.46. The van der Waals surface area contributed by atoms with Crippen molar-refractivity contribution in [1.82, 2.24) is 13.9 Å². The molecule has 0 aliphatic carbocycles. The van der Waals surface area contributed by atoms with Gasteiger partial charge in [0.2, 0.25) is 0 Å². The lowest BCUT2D eigenvalue weighted by molar-refractivity contribution is -0.148. The third kappa shape index (κ3) is 1.81. The van der Waals surface area contributed by atoms with E-state index in [0.717, 1.165) is 15.8 Å². The summed E-state index contributed by atoms with van der Waals surface area (Å²) >= 11 is 0. The second-order valence-corrected chi connectivity index (χ2v) is 7.12. The molecule has 0 amide bonds. The molecule has 4 aliphatic heterocycles. The largest absolute Gasteiger partial charge is 0.349 e. The molecule has 1 aromatic carbocycles. The number of hydrogen-bond acceptors (Lipinski definition) is 5. The van der Waals surface area contributed by atoms with Gasteiger partial charge < -0.3 is 9.47 Å². The van der Waals surface area contributed by atoms with Gasteiger partial charge in [-0.25, -0.2) is 23.5 Å². The highest BCUT2D eigenvalue weighted by molar-refractivity contribution is 6.04. The maximum Gasteiger partial charge on any atom is 0.349 e. The normalized spacial score (nSPS) is 31.6. The summed E-state index contributed by atoms with van der Waals surface area (Å²) in [6.45, 7) is 3.67. The number of benzene rings is 1. The highest BCUT2D eigenvalue weighted by Gasteiger charge is 2.59. The minimum absolute atomic E-state index is 0.366. The average Bonchev–Trinajstić information content (AvgIpc) is 3.05. The van der Waals surface area contributed by atoms with E-state index in [1.54, 1.807) is 0 Å². The van der Waals surface area contributed by atoms with Crippen LogP contribution in [0.5, 0.6) is 0 Å². The first-order valence-electron chi connectivity index (χ1n) is 8.28. The summed E-state index contributed by atoms with van der Waals surface area (Å²) < 4.78 is 16.1. The molecule has 4 atom stereocenters. The van der Waals surface area contributed by atoms with E-state index in [-0.39, 0.29) is 17.5 Å². The fraction of sp³-hybridized carbons (Fsp3) is 0.471. The molecular weight excluding hydrogens is 324 g/mol. The Morgan fingerprint density at radius 2 is 1.64 bits per heavy atom. The highest BCUT2D eigenvalue weighted by atomic mass is 16.8. The molecule has 130 valence electrons. The van der Waals surface area contributed by atoms with Gasteiger partial charge in [-0.3, -0.25) is 4.99 Å². The minimum Gasteiger partial charge on any atom is -0.342 e. The molecule has 8 nitrogen and oxygen atoms in total. The van der Waals surface area contributed by atoms with Crippen molar-refractivity contribution in [3.8, 4) is 0 Å². The maximum atomic E-state index is 12.7. The smallest absolute Gasteiger partial charge is 0.342 e. The van der Waals surface area contributed by atoms with E-state index in [1.807, 2.05) is 44.2 Å². The fourth-order valence-corrected chi connectivity index (χ4v) is 4.11. The van der Waals surface area contributed by atoms with Gasteiger partial charge in [0.25, 0.3) is 0 Å². The van der Waals surface area contributed by atoms with Crippen LogP contribution in [0.25, 0.3) is 0 Å². The lowest BCUT2D eigenvalue weighted by atomic mass is 9.89. The summed E-state index contributed by atoms with van der Waals surface area (Å²) in [4.78, 5) is 30.0. The Labute approximate surface area is 142 Å². The molecule has 4 unspecified atom stereocenters. The molecule has 6 rings (SSSR count). The van der Waals surface area contributed by atoms with Crippen molar-refractivity contribution in [3.05, 3.63) is 56.9 Å². The van der Waals surface area contributed by atoms with Gasteiger partial charge in [0.1, 0.15) is 18.2 Å². The van der Waals surface area contributed by atoms with E-state index in [2.05, 4.69) is 0 Å². The van der Waals surface area contributed by atoms with E-state index < -0.39 is 24.1 Å². The predicted molar refractivity (Wildman–Crippen MR) is 88.8 cm³/mol. The molecule has 0 radical (unpaired) electrons. The Kier molecular flexibility index (Phi) is 2.72. The number of aromatic nitrogens is 3. The average molecular weight is 342 g/mol. The summed E-state index contributed by atoms with van der Waals surface area (Å²) in [5.41, 5.74) is 0.914. The SMILES string of the molecule is Cn1c(=O)n2n(c1=O)C1C(c3ccccc3)=NC2C2OC(C)(C)OC21. The summed E-state index contributed by atoms with van der Waals surface area (Å²) in [6.07, 6.45) is -1.38. The monoisotopic (exact) mass is 342 g/mol. The molecule has 5 heterocycles. The number of hydrogen-bond donors (Lipinski definition) is 0. The molecule has 25 heavy (non-hydrogen) atoms. The zero-order valence-corrected chi connectivity index (χ0v) is 14.1. The zero-order valence-electron chi connectivity index (χ0n) is 14.1. The van der Waals surface area contributed by atoms with E-state index in [1.165, 1.54) is 16.4 Å². The number of nitrogens with zero attached hydrogens (tertiary/aromatic N) is 4. The second-order valence-electron chi connectivity index (χ2n) is 7.12. The summed E-state index contributed by atoms with van der Waals surface area (Å²) in [5, 5.41) is 0. The van der Waals surface area contributed by atoms with Crippen molar-refractivity contribution in [2.75, 3.05) is 0 Å². The summed E-state index contributed by atoms with van der Waals surface area (Å²) in [5.74, 6) is -0.785. The summed E-state index contributed by atoms with van der Waals surface area (Å²) in [7, 11) is 1.48. The van der Waals surface area contributed by atoms with Crippen LogP contribution < -0.4 is 11.4 Å². The Morgan fingerprint density at radius 3 is 2.36 bits per heavy atom. The van der Waals surface area contributed by atoms with E-state index in [9.17, 15) is 9.59 Å². The van der Waals surface area contributed by atoms with Gasteiger partial charge in [0, 0.05) is 7.05 Å². The van der Waals surface area contributed by atoms with Crippen LogP contribution in [0, 0.1) is 0 Å². The molecule has 0 saturated carbocycles. The molecule has 2 bridgehead atoms. The Morgan fingerprint density at radius 1 is 1.00 bits per heavy atom. The first-order chi connectivity index (χ1) is 11.9. The number of ether oxygens (including phenoxy) is 2. The topological polar surface area (TPSA) is 79.8 Å². The standard InChI is InChI=1S/C17H18N4O4/c1-17(2)24-12-11-10(9-7-5-4-6-8-9)18-14(13(12)25-17)21-16(23)19(3)15(22)20(11)21/h4-8,11-14H,1-3H3. The maximum absolute atomic E-state index is 12.7. The third-order valence-corrected chi connectivity index (χ3v) is 5.10. The molecule has 0 spiro atoms. The van der Waals surface area contributed by atoms with Gasteiger partial charge in [-0.2, -0.15) is 0 Å². The van der Waals surface area contributed by atoms with Crippen LogP contribution in [0.2, 0.25) is 0 Å². The predicted octanol–water partition coefficient (Wildman–Crippen LogP) is 0.425. The van der Waals surface area contributed by atoms with Crippen molar-refractivity contribution in [2.45, 2.75) is 44.1 Å². The van der Waals surface area contributed by atoms with Gasteiger partial charge in [0.05, 0.1) is 5.71 Å². The van der Waals surface area contributed by atoms with Crippen LogP contribution in [0.1, 0.15) is 31.6 Å². The molecule has 4 aliphatic rings. The molecule has 1 aromatic heterocycles. The lowest BCUT2D eigenvalue weighted by Gasteiger charge is -2.42. The van der Waals surface area contributed by atoms with Crippen molar-refractivity contribution >= 4 is 5.71 Å². The Bertz CT molecular complexity index is 1010. The molecule has 2 aromatic rings. The first-order valence-corrected chi connectivity index (χ1v) is 8.28. The van der Waals surface area contributed by atoms with Crippen molar-refractivity contribution < 1.29 is 9.47 Å². The Balaban J connectivity index is 1.78. The molecular formula is C17H18N4O4. The van der Waals surface area contributed by atoms with Crippen molar-refractivity contribution in [1.29, 1.82) is 0 Å². The molecule has 1 saturated heterocycles. The lowest BCUT2D eigenvalue weighted by Crippen LogP contribution is -2.57. The van der Waals surface area contributed by atoms with Crippen LogP contribution in [-0.4, -0.2) is 37.6 Å². The number of aliphatic imine (C=N–C) groups is 1. The van der Waals surface area contributed by atoms with Crippen LogP contribution >= 0.6 is 0 Å². The van der Waals surface area contributed by atoms with E-state index in [0.29, 0.717) is 0 Å². The van der Waals surface area contributed by atoms with Gasteiger partial charge in [-0.1, -0.05) is 30.3 Å². The van der Waals surface area contributed by atoms with Gasteiger partial charge in [-0.05, 0) is 19.4 Å². The fourth-order valence-electron chi connectivity index (χ4n) is 4.11. The van der Waals surface area contributed by atoms with Crippen LogP contribution in [0.3, 0.4) is 0 Å². The van der Waals surface area contributed by atoms with E-state index >= 15 is 0 Å². The van der Waals surface area contributed by atoms with Gasteiger partial charge >= 0.3 is 11.4 Å². The zero-order chi connectivity index (χ0) is 17.5. The summed E-state index contributed by atoms with van der Waals surface area (Å²) in [6, 6.07) is 9.18. The molecule has 8 heteroatoms. The Hall–Kier alpha value is -2.45. The van der Waals surface area contributed by atoms with Gasteiger partial charge in [-0.15, -0.1) is 0 Å². The van der Waals surface area contributed by atoms with Crippen LogP contribution in [0.4, 0.5) is 0 Å².